The van der Waals surface area contributed by atoms with Gasteiger partial charge in [-0.25, -0.2) is 0 Å². The van der Waals surface area contributed by atoms with Crippen LogP contribution in [-0.4, -0.2) is 11.2 Å². The molecule has 0 radical (unpaired) electrons. The fourth-order valence-corrected chi connectivity index (χ4v) is 6.25. The zero-order chi connectivity index (χ0) is 21.2. The van der Waals surface area contributed by atoms with Gasteiger partial charge in [-0.05, 0) is 91.9 Å². The van der Waals surface area contributed by atoms with E-state index in [0.29, 0.717) is 17.3 Å². The Kier molecular flexibility index (Phi) is 7.31. The Morgan fingerprint density at radius 1 is 1.03 bits per heavy atom. The fourth-order valence-electron chi connectivity index (χ4n) is 6.25. The molecule has 1 nitrogen and oxygen atoms in total. The summed E-state index contributed by atoms with van der Waals surface area (Å²) in [6.07, 6.45) is 18.8. The largest absolute Gasteiger partial charge is 0.393 e. The maximum Gasteiger partial charge on any atom is 0.0583 e. The number of hydrogen-bond donors (Lipinski definition) is 1. The van der Waals surface area contributed by atoms with E-state index in [1.807, 2.05) is 0 Å². The minimum absolute atomic E-state index is 0.182. The quantitative estimate of drug-likeness (QED) is 0.473. The SMILES string of the molecule is C=C1CC[C@H](O)C/C1=C/C=C1\CCC[C@@]2(C)C1CC[C@@H]2C(C)/C=C/[C@H](C)C(C)C. The summed E-state index contributed by atoms with van der Waals surface area (Å²) in [4.78, 5) is 0. The van der Waals surface area contributed by atoms with Crippen LogP contribution in [0.5, 0.6) is 0 Å². The minimum Gasteiger partial charge on any atom is -0.393 e. The second kappa shape index (κ2) is 9.38. The average molecular weight is 397 g/mol. The molecule has 0 aromatic carbocycles. The Balaban J connectivity index is 1.75. The van der Waals surface area contributed by atoms with Gasteiger partial charge in [0.25, 0.3) is 0 Å². The Morgan fingerprint density at radius 3 is 2.52 bits per heavy atom. The van der Waals surface area contributed by atoms with Gasteiger partial charge in [0.2, 0.25) is 0 Å². The van der Waals surface area contributed by atoms with Gasteiger partial charge in [-0.1, -0.05) is 76.6 Å². The van der Waals surface area contributed by atoms with Crippen LogP contribution in [0.3, 0.4) is 0 Å². The van der Waals surface area contributed by atoms with Crippen molar-refractivity contribution in [1.82, 2.24) is 0 Å². The lowest BCUT2D eigenvalue weighted by Crippen LogP contribution is -2.35. The summed E-state index contributed by atoms with van der Waals surface area (Å²) in [7, 11) is 0. The summed E-state index contributed by atoms with van der Waals surface area (Å²) < 4.78 is 0. The molecule has 0 saturated heterocycles. The molecule has 1 N–H and O–H groups in total. The molecule has 0 heterocycles. The standard InChI is InChI=1S/C28H44O/c1-19(2)20(3)9-10-22(5)26-15-16-27-23(8-7-17-28(26,27)6)12-13-24-18-25(29)14-11-21(24)4/h9-10,12-13,19-20,22,25-27,29H,4,7-8,11,14-18H2,1-3,5-6H3/b10-9+,23-12+,24-13-/t20-,22?,25-,26+,27?,28+/m0/s1. The Hall–Kier alpha value is -1.08. The third-order valence-corrected chi connectivity index (χ3v) is 8.63. The highest BCUT2D eigenvalue weighted by Crippen LogP contribution is 2.59. The van der Waals surface area contributed by atoms with Crippen molar-refractivity contribution in [1.29, 1.82) is 0 Å². The van der Waals surface area contributed by atoms with Gasteiger partial charge < -0.3 is 5.11 Å². The lowest BCUT2D eigenvalue weighted by molar-refractivity contribution is 0.112. The molecule has 0 aromatic rings. The molecule has 3 fully saturated rings. The van der Waals surface area contributed by atoms with Gasteiger partial charge >= 0.3 is 0 Å². The molecular weight excluding hydrogens is 352 g/mol. The van der Waals surface area contributed by atoms with E-state index in [0.717, 1.165) is 37.0 Å². The highest BCUT2D eigenvalue weighted by atomic mass is 16.3. The van der Waals surface area contributed by atoms with E-state index in [1.54, 1.807) is 5.57 Å². The first-order chi connectivity index (χ1) is 13.7. The molecule has 0 bridgehead atoms. The summed E-state index contributed by atoms with van der Waals surface area (Å²) >= 11 is 0. The summed E-state index contributed by atoms with van der Waals surface area (Å²) in [5.41, 5.74) is 4.61. The first-order valence-corrected chi connectivity index (χ1v) is 12.2. The molecule has 3 aliphatic carbocycles. The predicted octanol–water partition coefficient (Wildman–Crippen LogP) is 7.64. The maximum atomic E-state index is 10.0. The first-order valence-electron chi connectivity index (χ1n) is 12.2. The van der Waals surface area contributed by atoms with E-state index in [4.69, 9.17) is 0 Å². The Morgan fingerprint density at radius 2 is 1.79 bits per heavy atom. The molecule has 3 saturated carbocycles. The van der Waals surface area contributed by atoms with Crippen molar-refractivity contribution in [2.45, 2.75) is 92.1 Å². The van der Waals surface area contributed by atoms with E-state index in [1.165, 1.54) is 43.3 Å². The van der Waals surface area contributed by atoms with Crippen LogP contribution < -0.4 is 0 Å². The zero-order valence-electron chi connectivity index (χ0n) is 19.6. The number of fused-ring (bicyclic) bond motifs is 1. The van der Waals surface area contributed by atoms with E-state index in [2.05, 4.69) is 65.5 Å². The average Bonchev–Trinajstić information content (AvgIpc) is 3.04. The van der Waals surface area contributed by atoms with Crippen molar-refractivity contribution < 1.29 is 5.11 Å². The van der Waals surface area contributed by atoms with Gasteiger partial charge in [0.15, 0.2) is 0 Å². The summed E-state index contributed by atoms with van der Waals surface area (Å²) in [6, 6.07) is 0. The smallest absolute Gasteiger partial charge is 0.0583 e. The molecule has 1 heteroatoms. The van der Waals surface area contributed by atoms with Crippen LogP contribution in [-0.2, 0) is 0 Å². The third-order valence-electron chi connectivity index (χ3n) is 8.63. The van der Waals surface area contributed by atoms with Gasteiger partial charge in [-0.2, -0.15) is 0 Å². The molecule has 0 spiro atoms. The van der Waals surface area contributed by atoms with E-state index >= 15 is 0 Å². The van der Waals surface area contributed by atoms with E-state index in [9.17, 15) is 5.11 Å². The van der Waals surface area contributed by atoms with Gasteiger partial charge in [0.05, 0.1) is 6.10 Å². The second-order valence-corrected chi connectivity index (χ2v) is 10.9. The van der Waals surface area contributed by atoms with Crippen molar-refractivity contribution in [3.8, 4) is 0 Å². The molecule has 0 amide bonds. The number of rotatable bonds is 5. The number of hydrogen-bond acceptors (Lipinski definition) is 1. The first kappa shape index (κ1) is 22.6. The molecule has 6 atom stereocenters. The molecular formula is C28H44O. The lowest BCUT2D eigenvalue weighted by Gasteiger charge is -2.44. The van der Waals surface area contributed by atoms with Crippen molar-refractivity contribution in [3.63, 3.8) is 0 Å². The zero-order valence-corrected chi connectivity index (χ0v) is 19.6. The maximum absolute atomic E-state index is 10.0. The molecule has 162 valence electrons. The molecule has 0 aromatic heterocycles. The van der Waals surface area contributed by atoms with Crippen LogP contribution in [0.15, 0.2) is 47.6 Å². The normalized spacial score (nSPS) is 38.2. The molecule has 2 unspecified atom stereocenters. The molecule has 0 aliphatic heterocycles. The van der Waals surface area contributed by atoms with Crippen molar-refractivity contribution >= 4 is 0 Å². The molecule has 3 rings (SSSR count). The minimum atomic E-state index is -0.182. The van der Waals surface area contributed by atoms with Crippen LogP contribution >= 0.6 is 0 Å². The lowest BCUT2D eigenvalue weighted by atomic mass is 9.61. The summed E-state index contributed by atoms with van der Waals surface area (Å²) in [5, 5.41) is 10.0. The van der Waals surface area contributed by atoms with Crippen molar-refractivity contribution in [3.05, 3.63) is 47.6 Å². The highest BCUT2D eigenvalue weighted by molar-refractivity contribution is 5.36. The van der Waals surface area contributed by atoms with Crippen molar-refractivity contribution in [2.75, 3.05) is 0 Å². The van der Waals surface area contributed by atoms with Crippen LogP contribution in [0, 0.1) is 35.0 Å². The third kappa shape index (κ3) is 4.98. The van der Waals surface area contributed by atoms with Gasteiger partial charge in [0, 0.05) is 0 Å². The van der Waals surface area contributed by atoms with Crippen LogP contribution in [0.4, 0.5) is 0 Å². The summed E-state index contributed by atoms with van der Waals surface area (Å²) in [6.45, 7) is 16.3. The predicted molar refractivity (Wildman–Crippen MR) is 126 cm³/mol. The van der Waals surface area contributed by atoms with Crippen LogP contribution in [0.1, 0.15) is 86.0 Å². The molecule has 3 aliphatic rings. The van der Waals surface area contributed by atoms with Crippen LogP contribution in [0.2, 0.25) is 0 Å². The fraction of sp³-hybridized carbons (Fsp3) is 0.714. The highest BCUT2D eigenvalue weighted by Gasteiger charge is 2.50. The Labute approximate surface area is 180 Å². The van der Waals surface area contributed by atoms with Crippen LogP contribution in [0.25, 0.3) is 0 Å². The number of allylic oxidation sites excluding steroid dienone is 6. The Bertz CT molecular complexity index is 678. The topological polar surface area (TPSA) is 20.2 Å². The number of aliphatic hydroxyl groups is 1. The molecule has 29 heavy (non-hydrogen) atoms. The van der Waals surface area contributed by atoms with Gasteiger partial charge in [-0.3, -0.25) is 0 Å². The monoisotopic (exact) mass is 396 g/mol. The van der Waals surface area contributed by atoms with E-state index in [-0.39, 0.29) is 6.10 Å². The second-order valence-electron chi connectivity index (χ2n) is 10.9. The van der Waals surface area contributed by atoms with E-state index < -0.39 is 0 Å². The number of aliphatic hydroxyl groups excluding tert-OH is 1. The summed E-state index contributed by atoms with van der Waals surface area (Å²) in [5.74, 6) is 3.58. The van der Waals surface area contributed by atoms with Gasteiger partial charge in [-0.15, -0.1) is 0 Å². The van der Waals surface area contributed by atoms with Gasteiger partial charge in [0.1, 0.15) is 0 Å². The van der Waals surface area contributed by atoms with Crippen molar-refractivity contribution in [2.24, 2.45) is 35.0 Å².